The minimum Gasteiger partial charge on any atom is -0.355 e. The highest BCUT2D eigenvalue weighted by Gasteiger charge is 2.18. The third kappa shape index (κ3) is 9.86. The van der Waals surface area contributed by atoms with Crippen LogP contribution >= 0.6 is 0 Å². The molecule has 0 aromatic heterocycles. The standard InChI is InChI=1S/C12H27N3O3S/c1-4-15-19(17,18)10-9-14-11(16)5-6-12(2,3)7-8-13/h15H,4-10,13H2,1-3H3,(H,14,16). The van der Waals surface area contributed by atoms with Crippen LogP contribution in [0.15, 0.2) is 0 Å². The van der Waals surface area contributed by atoms with E-state index in [0.29, 0.717) is 19.5 Å². The molecular weight excluding hydrogens is 266 g/mol. The van der Waals surface area contributed by atoms with Crippen molar-refractivity contribution in [1.29, 1.82) is 0 Å². The molecule has 0 rings (SSSR count). The second kappa shape index (κ2) is 8.50. The number of nitrogens with one attached hydrogen (secondary N) is 2. The van der Waals surface area contributed by atoms with Gasteiger partial charge in [-0.05, 0) is 24.8 Å². The first-order chi connectivity index (χ1) is 8.72. The van der Waals surface area contributed by atoms with Gasteiger partial charge in [0, 0.05) is 19.5 Å². The lowest BCUT2D eigenvalue weighted by Gasteiger charge is -2.23. The van der Waals surface area contributed by atoms with Crippen molar-refractivity contribution in [3.8, 4) is 0 Å². The van der Waals surface area contributed by atoms with Crippen LogP contribution in [0.2, 0.25) is 0 Å². The number of sulfonamides is 1. The minimum atomic E-state index is -3.26. The van der Waals surface area contributed by atoms with Gasteiger partial charge in [-0.2, -0.15) is 0 Å². The van der Waals surface area contributed by atoms with Crippen LogP contribution in [0.25, 0.3) is 0 Å². The third-order valence-corrected chi connectivity index (χ3v) is 4.38. The molecule has 4 N–H and O–H groups in total. The fraction of sp³-hybridized carbons (Fsp3) is 0.917. The smallest absolute Gasteiger partial charge is 0.220 e. The molecule has 7 heteroatoms. The van der Waals surface area contributed by atoms with E-state index in [1.165, 1.54) is 0 Å². The normalized spacial score (nSPS) is 12.4. The van der Waals surface area contributed by atoms with Crippen molar-refractivity contribution < 1.29 is 13.2 Å². The molecule has 1 amide bonds. The summed E-state index contributed by atoms with van der Waals surface area (Å²) in [5.74, 6) is -0.199. The highest BCUT2D eigenvalue weighted by atomic mass is 32.2. The number of amides is 1. The monoisotopic (exact) mass is 293 g/mol. The third-order valence-electron chi connectivity index (χ3n) is 2.91. The molecule has 0 bridgehead atoms. The Morgan fingerprint density at radius 1 is 1.26 bits per heavy atom. The van der Waals surface area contributed by atoms with Crippen LogP contribution in [-0.2, 0) is 14.8 Å². The van der Waals surface area contributed by atoms with Gasteiger partial charge in [-0.15, -0.1) is 0 Å². The minimum absolute atomic E-state index is 0.0436. The topological polar surface area (TPSA) is 101 Å². The van der Waals surface area contributed by atoms with Gasteiger partial charge in [-0.25, -0.2) is 13.1 Å². The van der Waals surface area contributed by atoms with Crippen LogP contribution in [0.4, 0.5) is 0 Å². The van der Waals surface area contributed by atoms with E-state index >= 15 is 0 Å². The van der Waals surface area contributed by atoms with E-state index in [9.17, 15) is 13.2 Å². The van der Waals surface area contributed by atoms with Gasteiger partial charge in [0.1, 0.15) is 0 Å². The average molecular weight is 293 g/mol. The van der Waals surface area contributed by atoms with E-state index in [-0.39, 0.29) is 23.6 Å². The Morgan fingerprint density at radius 2 is 1.89 bits per heavy atom. The van der Waals surface area contributed by atoms with E-state index in [4.69, 9.17) is 5.73 Å². The molecular formula is C12H27N3O3S. The molecule has 0 saturated carbocycles. The first-order valence-corrected chi connectivity index (χ1v) is 8.32. The van der Waals surface area contributed by atoms with Crippen LogP contribution in [0.1, 0.15) is 40.0 Å². The summed E-state index contributed by atoms with van der Waals surface area (Å²) >= 11 is 0. The Morgan fingerprint density at radius 3 is 2.42 bits per heavy atom. The van der Waals surface area contributed by atoms with E-state index < -0.39 is 10.0 Å². The molecule has 114 valence electrons. The molecule has 0 aromatic carbocycles. The predicted octanol–water partition coefficient (Wildman–Crippen LogP) is 0.197. The number of carbonyl (C=O) groups is 1. The summed E-state index contributed by atoms with van der Waals surface area (Å²) in [6.45, 7) is 6.98. The summed E-state index contributed by atoms with van der Waals surface area (Å²) in [6, 6.07) is 0. The number of carbonyl (C=O) groups excluding carboxylic acids is 1. The van der Waals surface area contributed by atoms with E-state index in [0.717, 1.165) is 12.8 Å². The highest BCUT2D eigenvalue weighted by Crippen LogP contribution is 2.25. The molecule has 0 aromatic rings. The molecule has 0 aliphatic rings. The molecule has 0 aliphatic carbocycles. The summed E-state index contributed by atoms with van der Waals surface area (Å²) in [4.78, 5) is 11.6. The molecule has 6 nitrogen and oxygen atoms in total. The lowest BCUT2D eigenvalue weighted by molar-refractivity contribution is -0.121. The van der Waals surface area contributed by atoms with Gasteiger partial charge in [-0.3, -0.25) is 4.79 Å². The highest BCUT2D eigenvalue weighted by molar-refractivity contribution is 7.89. The van der Waals surface area contributed by atoms with E-state index in [2.05, 4.69) is 23.9 Å². The predicted molar refractivity (Wildman–Crippen MR) is 77.2 cm³/mol. The Bertz CT molecular complexity index is 366. The summed E-state index contributed by atoms with van der Waals surface area (Å²) < 4.78 is 25.1. The molecule has 0 radical (unpaired) electrons. The molecule has 0 heterocycles. The van der Waals surface area contributed by atoms with Crippen molar-refractivity contribution in [3.63, 3.8) is 0 Å². The van der Waals surface area contributed by atoms with Crippen molar-refractivity contribution in [2.75, 3.05) is 25.4 Å². The van der Waals surface area contributed by atoms with E-state index in [1.807, 2.05) is 0 Å². The molecule has 0 atom stereocenters. The summed E-state index contributed by atoms with van der Waals surface area (Å²) in [5.41, 5.74) is 5.55. The quantitative estimate of drug-likeness (QED) is 0.535. The lowest BCUT2D eigenvalue weighted by Crippen LogP contribution is -2.34. The van der Waals surface area contributed by atoms with Crippen LogP contribution in [0.5, 0.6) is 0 Å². The van der Waals surface area contributed by atoms with E-state index in [1.54, 1.807) is 6.92 Å². The van der Waals surface area contributed by atoms with Crippen LogP contribution < -0.4 is 15.8 Å². The Labute approximate surface area is 116 Å². The molecule has 0 spiro atoms. The Hall–Kier alpha value is -0.660. The second-order valence-electron chi connectivity index (χ2n) is 5.37. The second-order valence-corrected chi connectivity index (χ2v) is 7.30. The first kappa shape index (κ1) is 18.3. The molecule has 0 saturated heterocycles. The van der Waals surface area contributed by atoms with Gasteiger partial charge < -0.3 is 11.1 Å². The number of hydrogen-bond acceptors (Lipinski definition) is 4. The van der Waals surface area contributed by atoms with Gasteiger partial charge >= 0.3 is 0 Å². The van der Waals surface area contributed by atoms with Gasteiger partial charge in [0.05, 0.1) is 5.75 Å². The molecule has 0 aliphatic heterocycles. The number of rotatable bonds is 10. The van der Waals surface area contributed by atoms with Gasteiger partial charge in [0.15, 0.2) is 0 Å². The number of nitrogens with two attached hydrogens (primary N) is 1. The maximum absolute atomic E-state index is 11.6. The lowest BCUT2D eigenvalue weighted by atomic mass is 9.84. The summed E-state index contributed by atoms with van der Waals surface area (Å²) in [7, 11) is -3.26. The zero-order valence-electron chi connectivity index (χ0n) is 12.2. The fourth-order valence-corrected chi connectivity index (χ4v) is 2.63. The van der Waals surface area contributed by atoms with Gasteiger partial charge in [0.25, 0.3) is 0 Å². The summed E-state index contributed by atoms with van der Waals surface area (Å²) in [6.07, 6.45) is 2.01. The zero-order valence-corrected chi connectivity index (χ0v) is 13.0. The Kier molecular flexibility index (Phi) is 8.20. The van der Waals surface area contributed by atoms with Crippen LogP contribution in [-0.4, -0.2) is 39.7 Å². The van der Waals surface area contributed by atoms with Crippen LogP contribution in [0.3, 0.4) is 0 Å². The summed E-state index contributed by atoms with van der Waals surface area (Å²) in [5, 5.41) is 2.62. The Balaban J connectivity index is 3.89. The SMILES string of the molecule is CCNS(=O)(=O)CCNC(=O)CCC(C)(C)CCN. The first-order valence-electron chi connectivity index (χ1n) is 6.66. The van der Waals surface area contributed by atoms with Crippen molar-refractivity contribution in [3.05, 3.63) is 0 Å². The largest absolute Gasteiger partial charge is 0.355 e. The van der Waals surface area contributed by atoms with Crippen LogP contribution in [0, 0.1) is 5.41 Å². The maximum Gasteiger partial charge on any atom is 0.220 e. The molecule has 0 fully saturated rings. The van der Waals surface area contributed by atoms with Gasteiger partial charge in [-0.1, -0.05) is 20.8 Å². The maximum atomic E-state index is 11.6. The fourth-order valence-electron chi connectivity index (χ4n) is 1.67. The molecule has 19 heavy (non-hydrogen) atoms. The van der Waals surface area contributed by atoms with Gasteiger partial charge in [0.2, 0.25) is 15.9 Å². The van der Waals surface area contributed by atoms with Crippen molar-refractivity contribution in [1.82, 2.24) is 10.0 Å². The number of hydrogen-bond donors (Lipinski definition) is 3. The molecule has 0 unspecified atom stereocenters. The van der Waals surface area contributed by atoms with Crippen molar-refractivity contribution >= 4 is 15.9 Å². The van der Waals surface area contributed by atoms with Crippen molar-refractivity contribution in [2.24, 2.45) is 11.1 Å². The zero-order chi connectivity index (χ0) is 14.9. The van der Waals surface area contributed by atoms with Crippen molar-refractivity contribution in [2.45, 2.75) is 40.0 Å². The average Bonchev–Trinajstić information content (AvgIpc) is 2.26.